The number of sulfonamides is 1. The van der Waals surface area contributed by atoms with Gasteiger partial charge in [0.1, 0.15) is 0 Å². The van der Waals surface area contributed by atoms with Crippen molar-refractivity contribution in [1.29, 1.82) is 0 Å². The first-order valence-electron chi connectivity index (χ1n) is 5.74. The number of carbonyl (C=O) groups excluding carboxylic acids is 1. The van der Waals surface area contributed by atoms with E-state index in [0.717, 1.165) is 5.56 Å². The SMILES string of the molecule is CN1CC(NS(=O)(=O)Cc2ccccc2)CC1=O. The summed E-state index contributed by atoms with van der Waals surface area (Å²) in [6, 6.07) is 8.68. The van der Waals surface area contributed by atoms with Gasteiger partial charge >= 0.3 is 0 Å². The van der Waals surface area contributed by atoms with Crippen molar-refractivity contribution in [1.82, 2.24) is 9.62 Å². The zero-order chi connectivity index (χ0) is 13.2. The van der Waals surface area contributed by atoms with Crippen LogP contribution < -0.4 is 4.72 Å². The van der Waals surface area contributed by atoms with Gasteiger partial charge in [-0.1, -0.05) is 30.3 Å². The highest BCUT2D eigenvalue weighted by Gasteiger charge is 2.29. The molecule has 0 aliphatic carbocycles. The van der Waals surface area contributed by atoms with Crippen LogP contribution in [-0.2, 0) is 20.6 Å². The van der Waals surface area contributed by atoms with Gasteiger partial charge in [0.15, 0.2) is 0 Å². The number of likely N-dealkylation sites (N-methyl/N-ethyl adjacent to an activating group) is 1. The normalized spacial score (nSPS) is 20.4. The molecule has 0 radical (unpaired) electrons. The summed E-state index contributed by atoms with van der Waals surface area (Å²) in [6.45, 7) is 0.437. The van der Waals surface area contributed by atoms with Crippen molar-refractivity contribution in [3.8, 4) is 0 Å². The quantitative estimate of drug-likeness (QED) is 0.856. The van der Waals surface area contributed by atoms with E-state index in [1.54, 1.807) is 31.3 Å². The number of benzene rings is 1. The van der Waals surface area contributed by atoms with Crippen molar-refractivity contribution >= 4 is 15.9 Å². The molecule has 0 saturated carbocycles. The standard InChI is InChI=1S/C12H16N2O3S/c1-14-8-11(7-12(14)15)13-18(16,17)9-10-5-3-2-4-6-10/h2-6,11,13H,7-9H2,1H3. The summed E-state index contributed by atoms with van der Waals surface area (Å²) < 4.78 is 26.4. The topological polar surface area (TPSA) is 66.5 Å². The third-order valence-corrected chi connectivity index (χ3v) is 4.29. The number of likely N-dealkylation sites (tertiary alicyclic amines) is 1. The maximum absolute atomic E-state index is 11.9. The van der Waals surface area contributed by atoms with Crippen molar-refractivity contribution in [2.75, 3.05) is 13.6 Å². The summed E-state index contributed by atoms with van der Waals surface area (Å²) in [5, 5.41) is 0. The molecule has 1 heterocycles. The average molecular weight is 268 g/mol. The van der Waals surface area contributed by atoms with Gasteiger partial charge in [-0.3, -0.25) is 4.79 Å². The lowest BCUT2D eigenvalue weighted by molar-refractivity contribution is -0.126. The van der Waals surface area contributed by atoms with Gasteiger partial charge in [0, 0.05) is 26.1 Å². The summed E-state index contributed by atoms with van der Waals surface area (Å²) in [4.78, 5) is 12.9. The van der Waals surface area contributed by atoms with Gasteiger partial charge in [-0.25, -0.2) is 13.1 Å². The Labute approximate surface area is 107 Å². The first-order chi connectivity index (χ1) is 8.46. The summed E-state index contributed by atoms with van der Waals surface area (Å²) in [5.74, 6) is -0.0789. The van der Waals surface area contributed by atoms with Crippen molar-refractivity contribution in [3.63, 3.8) is 0 Å². The van der Waals surface area contributed by atoms with E-state index in [2.05, 4.69) is 4.72 Å². The minimum absolute atomic E-state index is 0.0255. The van der Waals surface area contributed by atoms with Crippen molar-refractivity contribution in [3.05, 3.63) is 35.9 Å². The number of carbonyl (C=O) groups is 1. The Morgan fingerprint density at radius 2 is 2.00 bits per heavy atom. The van der Waals surface area contributed by atoms with E-state index in [9.17, 15) is 13.2 Å². The maximum atomic E-state index is 11.9. The summed E-state index contributed by atoms with van der Waals surface area (Å²) >= 11 is 0. The molecule has 1 aromatic rings. The third-order valence-electron chi connectivity index (χ3n) is 2.89. The second-order valence-corrected chi connectivity index (χ2v) is 6.29. The van der Waals surface area contributed by atoms with Crippen LogP contribution in [0.4, 0.5) is 0 Å². The first-order valence-corrected chi connectivity index (χ1v) is 7.39. The molecule has 18 heavy (non-hydrogen) atoms. The van der Waals surface area contributed by atoms with Gasteiger partial charge in [-0.2, -0.15) is 0 Å². The van der Waals surface area contributed by atoms with E-state index in [-0.39, 0.29) is 24.1 Å². The van der Waals surface area contributed by atoms with Crippen LogP contribution in [0.3, 0.4) is 0 Å². The van der Waals surface area contributed by atoms with Gasteiger partial charge in [0.05, 0.1) is 5.75 Å². The fraction of sp³-hybridized carbons (Fsp3) is 0.417. The van der Waals surface area contributed by atoms with Gasteiger partial charge in [0.25, 0.3) is 0 Å². The van der Waals surface area contributed by atoms with Crippen LogP contribution in [-0.4, -0.2) is 38.9 Å². The lowest BCUT2D eigenvalue weighted by atomic mass is 10.2. The number of amides is 1. The molecule has 1 unspecified atom stereocenters. The van der Waals surface area contributed by atoms with Gasteiger partial charge in [0.2, 0.25) is 15.9 Å². The molecule has 2 rings (SSSR count). The monoisotopic (exact) mass is 268 g/mol. The van der Waals surface area contributed by atoms with Crippen LogP contribution in [0.15, 0.2) is 30.3 Å². The highest BCUT2D eigenvalue weighted by atomic mass is 32.2. The molecule has 1 N–H and O–H groups in total. The summed E-state index contributed by atoms with van der Waals surface area (Å²) in [6.07, 6.45) is 0.241. The summed E-state index contributed by atoms with van der Waals surface area (Å²) in [7, 11) is -1.72. The van der Waals surface area contributed by atoms with Crippen LogP contribution in [0, 0.1) is 0 Å². The highest BCUT2D eigenvalue weighted by molar-refractivity contribution is 7.88. The molecule has 1 atom stereocenters. The van der Waals surface area contributed by atoms with Gasteiger partial charge in [-0.05, 0) is 5.56 Å². The maximum Gasteiger partial charge on any atom is 0.224 e. The van der Waals surface area contributed by atoms with Crippen LogP contribution >= 0.6 is 0 Å². The number of hydrogen-bond acceptors (Lipinski definition) is 3. The Bertz CT molecular complexity index is 528. The minimum atomic E-state index is -3.39. The first kappa shape index (κ1) is 13.0. The molecule has 0 spiro atoms. The van der Waals surface area contributed by atoms with Gasteiger partial charge < -0.3 is 4.90 Å². The van der Waals surface area contributed by atoms with E-state index in [1.807, 2.05) is 6.07 Å². The molecular weight excluding hydrogens is 252 g/mol. The van der Waals surface area contributed by atoms with E-state index in [4.69, 9.17) is 0 Å². The van der Waals surface area contributed by atoms with E-state index >= 15 is 0 Å². The van der Waals surface area contributed by atoms with Crippen LogP contribution in [0.5, 0.6) is 0 Å². The molecule has 1 fully saturated rings. The fourth-order valence-electron chi connectivity index (χ4n) is 2.03. The Balaban J connectivity index is 1.98. The Morgan fingerprint density at radius 3 is 2.56 bits per heavy atom. The zero-order valence-corrected chi connectivity index (χ0v) is 11.0. The number of hydrogen-bond donors (Lipinski definition) is 1. The molecule has 6 heteroatoms. The van der Waals surface area contributed by atoms with E-state index in [1.165, 1.54) is 4.90 Å². The Kier molecular flexibility index (Phi) is 3.68. The van der Waals surface area contributed by atoms with E-state index in [0.29, 0.717) is 6.54 Å². The number of rotatable bonds is 4. The molecule has 1 aliphatic rings. The lowest BCUT2D eigenvalue weighted by Gasteiger charge is -2.12. The molecular formula is C12H16N2O3S. The Morgan fingerprint density at radius 1 is 1.33 bits per heavy atom. The van der Waals surface area contributed by atoms with Crippen molar-refractivity contribution in [2.45, 2.75) is 18.2 Å². The van der Waals surface area contributed by atoms with E-state index < -0.39 is 10.0 Å². The van der Waals surface area contributed by atoms with Crippen molar-refractivity contribution in [2.24, 2.45) is 0 Å². The number of nitrogens with one attached hydrogen (secondary N) is 1. The predicted molar refractivity (Wildman–Crippen MR) is 68.2 cm³/mol. The average Bonchev–Trinajstić information content (AvgIpc) is 2.57. The summed E-state index contributed by atoms with van der Waals surface area (Å²) in [5.41, 5.74) is 0.739. The molecule has 0 aromatic heterocycles. The van der Waals surface area contributed by atoms with Crippen LogP contribution in [0.1, 0.15) is 12.0 Å². The largest absolute Gasteiger partial charge is 0.344 e. The molecule has 0 bridgehead atoms. The molecule has 1 saturated heterocycles. The van der Waals surface area contributed by atoms with Crippen molar-refractivity contribution < 1.29 is 13.2 Å². The number of nitrogens with zero attached hydrogens (tertiary/aromatic N) is 1. The van der Waals surface area contributed by atoms with Crippen LogP contribution in [0.25, 0.3) is 0 Å². The van der Waals surface area contributed by atoms with Gasteiger partial charge in [-0.15, -0.1) is 0 Å². The smallest absolute Gasteiger partial charge is 0.224 e. The highest BCUT2D eigenvalue weighted by Crippen LogP contribution is 2.11. The molecule has 1 aromatic carbocycles. The molecule has 5 nitrogen and oxygen atoms in total. The lowest BCUT2D eigenvalue weighted by Crippen LogP contribution is -2.37. The minimum Gasteiger partial charge on any atom is -0.344 e. The predicted octanol–water partition coefficient (Wildman–Crippen LogP) is 0.337. The molecule has 1 aliphatic heterocycles. The Hall–Kier alpha value is -1.40. The third kappa shape index (κ3) is 3.30. The zero-order valence-electron chi connectivity index (χ0n) is 10.2. The van der Waals surface area contributed by atoms with Crippen LogP contribution in [0.2, 0.25) is 0 Å². The second-order valence-electron chi connectivity index (χ2n) is 4.54. The molecule has 98 valence electrons. The molecule has 1 amide bonds. The fourth-order valence-corrected chi connectivity index (χ4v) is 3.41. The second kappa shape index (κ2) is 5.07.